The molecule has 1 aromatic rings. The van der Waals surface area contributed by atoms with Gasteiger partial charge < -0.3 is 34.5 Å². The SMILES string of the molecule is CC.C[C@@H]1[C@@H]2CN(C(=O)[C@H](C(C)(C)C)NC(=O)O[C@@H]3CC4CC4[C@H]3CCCCCC3=Cc4ccc(OC5CC5)cc4NC3O2)[C@@H]1[C-]=O.[V]. The monoisotopic (exact) mass is 699 g/mol. The summed E-state index contributed by atoms with van der Waals surface area (Å²) < 4.78 is 18.9. The summed E-state index contributed by atoms with van der Waals surface area (Å²) in [5, 5.41) is 6.55. The smallest absolute Gasteiger partial charge is 0.408 e. The zero-order valence-corrected chi connectivity index (χ0v) is 30.9. The summed E-state index contributed by atoms with van der Waals surface area (Å²) in [7, 11) is 0. The van der Waals surface area contributed by atoms with Gasteiger partial charge in [-0.2, -0.15) is 0 Å². The van der Waals surface area contributed by atoms with Gasteiger partial charge in [-0.05, 0) is 103 Å². The predicted molar refractivity (Wildman–Crippen MR) is 181 cm³/mol. The average molecular weight is 700 g/mol. The van der Waals surface area contributed by atoms with Crippen molar-refractivity contribution in [3.63, 3.8) is 0 Å². The van der Waals surface area contributed by atoms with E-state index in [1.54, 1.807) is 4.90 Å². The van der Waals surface area contributed by atoms with Gasteiger partial charge >= 0.3 is 6.09 Å². The Morgan fingerprint density at radius 3 is 2.46 bits per heavy atom. The van der Waals surface area contributed by atoms with Crippen LogP contribution in [0.15, 0.2) is 23.8 Å². The van der Waals surface area contributed by atoms with E-state index in [0.717, 1.165) is 68.4 Å². The third-order valence-electron chi connectivity index (χ3n) is 11.0. The van der Waals surface area contributed by atoms with Crippen molar-refractivity contribution in [3.05, 3.63) is 29.3 Å². The molecule has 2 N–H and O–H groups in total. The van der Waals surface area contributed by atoms with Crippen molar-refractivity contribution < 1.29 is 47.1 Å². The average Bonchev–Trinajstić information content (AvgIpc) is 3.96. The van der Waals surface area contributed by atoms with Crippen molar-refractivity contribution in [1.29, 1.82) is 0 Å². The number of ether oxygens (including phenoxy) is 3. The van der Waals surface area contributed by atoms with E-state index in [1.807, 2.05) is 53.7 Å². The zero-order valence-electron chi connectivity index (χ0n) is 29.5. The minimum atomic E-state index is -0.861. The molecule has 1 radical (unpaired) electrons. The Morgan fingerprint density at radius 2 is 1.75 bits per heavy atom. The molecule has 10 heteroatoms. The summed E-state index contributed by atoms with van der Waals surface area (Å²) in [6, 6.07) is 4.56. The fourth-order valence-electron chi connectivity index (χ4n) is 8.11. The summed E-state index contributed by atoms with van der Waals surface area (Å²) in [5.41, 5.74) is 2.64. The number of alkyl carbamates (subject to hydrolysis) is 1. The first kappa shape index (κ1) is 36.8. The first-order chi connectivity index (χ1) is 22.6. The molecule has 2 saturated heterocycles. The van der Waals surface area contributed by atoms with E-state index in [1.165, 1.54) is 12.0 Å². The van der Waals surface area contributed by atoms with Crippen LogP contribution in [0.2, 0.25) is 0 Å². The van der Waals surface area contributed by atoms with Gasteiger partial charge in [-0.25, -0.2) is 11.1 Å². The second-order valence-electron chi connectivity index (χ2n) is 15.4. The standard InChI is InChI=1S/C36H48N3O6.C2H6.V/c1-20-29(19-40)39-18-31(20)44-33-22(14-21-10-11-25(17-28(21)37-33)43-24-12-13-24)8-6-5-7-9-26-27-15-23(27)16-30(26)45-35(42)38-32(34(39)41)36(2,3)4;1-2;/h10-11,14,17,20,23-24,26-27,29-33,37H,5-9,12-13,15-16,18H2,1-4H3,(H,38,42);1-2H3;/q-1;;/t20-,23?,26+,27?,29+,30+,31-,32+,33?;;/m0../s1. The number of nitrogens with zero attached hydrogens (tertiary/aromatic N) is 1. The molecule has 9 atom stereocenters. The van der Waals surface area contributed by atoms with E-state index >= 15 is 0 Å². The molecule has 263 valence electrons. The number of amides is 2. The third kappa shape index (κ3) is 7.94. The van der Waals surface area contributed by atoms with E-state index in [0.29, 0.717) is 23.9 Å². The van der Waals surface area contributed by atoms with Gasteiger partial charge in [-0.3, -0.25) is 4.79 Å². The van der Waals surface area contributed by atoms with Crippen molar-refractivity contribution in [2.24, 2.45) is 29.1 Å². The van der Waals surface area contributed by atoms with E-state index < -0.39 is 29.7 Å². The molecule has 0 aromatic heterocycles. The van der Waals surface area contributed by atoms with Crippen LogP contribution >= 0.6 is 0 Å². The molecule has 1 aromatic carbocycles. The fourth-order valence-corrected chi connectivity index (χ4v) is 8.11. The summed E-state index contributed by atoms with van der Waals surface area (Å²) in [4.78, 5) is 41.3. The van der Waals surface area contributed by atoms with E-state index in [2.05, 4.69) is 29.1 Å². The molecular formula is C38H54N3O6V-. The van der Waals surface area contributed by atoms with Gasteiger partial charge in [0.2, 0.25) is 5.91 Å². The summed E-state index contributed by atoms with van der Waals surface area (Å²) in [6.45, 7) is 11.9. The molecule has 5 fully saturated rings. The molecule has 2 amide bonds. The molecule has 2 bridgehead atoms. The Labute approximate surface area is 298 Å². The number of rotatable bonds is 3. The van der Waals surface area contributed by atoms with Crippen molar-refractivity contribution in [1.82, 2.24) is 10.2 Å². The molecule has 9 nitrogen and oxygen atoms in total. The van der Waals surface area contributed by atoms with Crippen LogP contribution in [-0.4, -0.2) is 66.4 Å². The van der Waals surface area contributed by atoms with Gasteiger partial charge in [-0.1, -0.05) is 60.4 Å². The van der Waals surface area contributed by atoms with E-state index in [4.69, 9.17) is 14.2 Å². The molecule has 3 aliphatic carbocycles. The van der Waals surface area contributed by atoms with Crippen molar-refractivity contribution in [3.8, 4) is 5.75 Å². The van der Waals surface area contributed by atoms with Crippen molar-refractivity contribution in [2.75, 3.05) is 11.9 Å². The maximum Gasteiger partial charge on any atom is 0.408 e. The van der Waals surface area contributed by atoms with Crippen LogP contribution in [-0.2, 0) is 37.6 Å². The number of nitrogens with one attached hydrogen (secondary N) is 2. The van der Waals surface area contributed by atoms with Crippen LogP contribution in [0, 0.1) is 29.1 Å². The van der Waals surface area contributed by atoms with Crippen LogP contribution in [0.3, 0.4) is 0 Å². The third-order valence-corrected chi connectivity index (χ3v) is 11.0. The zero-order chi connectivity index (χ0) is 33.5. The first-order valence-corrected chi connectivity index (χ1v) is 18.2. The normalized spacial score (nSPS) is 34.7. The molecule has 3 unspecified atom stereocenters. The quantitative estimate of drug-likeness (QED) is 0.332. The molecule has 3 aliphatic heterocycles. The largest absolute Gasteiger partial charge is 0.540 e. The number of carbonyl (C=O) groups is 2. The van der Waals surface area contributed by atoms with Gasteiger partial charge in [0.15, 0.2) is 6.23 Å². The minimum absolute atomic E-state index is 0. The van der Waals surface area contributed by atoms with Crippen LogP contribution in [0.1, 0.15) is 105 Å². The molecule has 7 rings (SSSR count). The van der Waals surface area contributed by atoms with Crippen LogP contribution in [0.4, 0.5) is 10.5 Å². The van der Waals surface area contributed by atoms with Gasteiger partial charge in [0.25, 0.3) is 0 Å². The molecule has 48 heavy (non-hydrogen) atoms. The van der Waals surface area contributed by atoms with Crippen LogP contribution < -0.4 is 15.4 Å². The Morgan fingerprint density at radius 1 is 0.979 bits per heavy atom. The molecular weight excluding hydrogens is 645 g/mol. The molecule has 0 spiro atoms. The molecule has 3 saturated carbocycles. The number of fused-ring (bicyclic) bond motifs is 7. The Hall–Kier alpha value is -2.49. The maximum absolute atomic E-state index is 14.1. The fraction of sp³-hybridized carbons (Fsp3) is 0.711. The van der Waals surface area contributed by atoms with Gasteiger partial charge in [0.1, 0.15) is 17.9 Å². The predicted octanol–water partition coefficient (Wildman–Crippen LogP) is 6.86. The number of hydrogen-bond acceptors (Lipinski definition) is 7. The van der Waals surface area contributed by atoms with Crippen LogP contribution in [0.25, 0.3) is 6.08 Å². The number of hydrogen-bond donors (Lipinski definition) is 2. The Kier molecular flexibility index (Phi) is 11.6. The number of carbonyl (C=O) groups excluding carboxylic acids is 3. The topological polar surface area (TPSA) is 106 Å². The van der Waals surface area contributed by atoms with Gasteiger partial charge in [0.05, 0.1) is 12.2 Å². The number of benzene rings is 1. The first-order valence-electron chi connectivity index (χ1n) is 18.2. The summed E-state index contributed by atoms with van der Waals surface area (Å²) in [5.74, 6) is 1.94. The maximum atomic E-state index is 14.1. The van der Waals surface area contributed by atoms with Crippen molar-refractivity contribution in [2.45, 2.75) is 136 Å². The van der Waals surface area contributed by atoms with Crippen LogP contribution in [0.5, 0.6) is 5.75 Å². The minimum Gasteiger partial charge on any atom is -0.540 e. The number of anilines is 1. The summed E-state index contributed by atoms with van der Waals surface area (Å²) >= 11 is 0. The van der Waals surface area contributed by atoms with Gasteiger partial charge in [0, 0.05) is 36.9 Å². The van der Waals surface area contributed by atoms with Gasteiger partial charge in [-0.15, -0.1) is 0 Å². The summed E-state index contributed by atoms with van der Waals surface area (Å²) in [6.07, 6.45) is 12.7. The molecule has 3 heterocycles. The van der Waals surface area contributed by atoms with E-state index in [9.17, 15) is 14.4 Å². The Bertz CT molecular complexity index is 1360. The Balaban J connectivity index is 0.00000148. The van der Waals surface area contributed by atoms with E-state index in [-0.39, 0.29) is 49.3 Å². The second kappa shape index (κ2) is 15.2. The second-order valence-corrected chi connectivity index (χ2v) is 15.4. The molecule has 6 aliphatic rings. The van der Waals surface area contributed by atoms with Crippen molar-refractivity contribution >= 4 is 30.0 Å².